The average molecular weight is 350 g/mol. The van der Waals surface area contributed by atoms with Crippen molar-refractivity contribution in [1.82, 2.24) is 10.1 Å². The van der Waals surface area contributed by atoms with Gasteiger partial charge >= 0.3 is 0 Å². The number of aromatic nitrogens is 2. The van der Waals surface area contributed by atoms with Crippen molar-refractivity contribution in [3.63, 3.8) is 0 Å². The molecular formula is C19H18N4O3. The molecule has 7 heteroatoms. The van der Waals surface area contributed by atoms with Crippen molar-refractivity contribution in [3.05, 3.63) is 70.6 Å². The summed E-state index contributed by atoms with van der Waals surface area (Å²) in [5, 5.41) is 15.3. The molecule has 1 aliphatic heterocycles. The molecule has 26 heavy (non-hydrogen) atoms. The van der Waals surface area contributed by atoms with Crippen LogP contribution in [-0.2, 0) is 0 Å². The molecule has 0 bridgehead atoms. The number of piperidine rings is 1. The Morgan fingerprint density at radius 2 is 1.73 bits per heavy atom. The smallest absolute Gasteiger partial charge is 0.292 e. The Morgan fingerprint density at radius 3 is 2.46 bits per heavy atom. The number of nitro benzene ring substituents is 1. The summed E-state index contributed by atoms with van der Waals surface area (Å²) in [7, 11) is 0. The van der Waals surface area contributed by atoms with Crippen molar-refractivity contribution < 1.29 is 9.45 Å². The Balaban J connectivity index is 1.46. The number of benzene rings is 2. The lowest BCUT2D eigenvalue weighted by Crippen LogP contribution is -2.33. The van der Waals surface area contributed by atoms with Gasteiger partial charge in [-0.1, -0.05) is 47.6 Å². The molecule has 0 radical (unpaired) electrons. The molecular weight excluding hydrogens is 332 g/mol. The largest absolute Gasteiger partial charge is 0.366 e. The lowest BCUT2D eigenvalue weighted by Gasteiger charge is -2.31. The molecule has 1 aliphatic rings. The molecule has 2 heterocycles. The van der Waals surface area contributed by atoms with E-state index in [1.165, 1.54) is 0 Å². The van der Waals surface area contributed by atoms with Crippen LogP contribution in [0.15, 0.2) is 59.1 Å². The maximum absolute atomic E-state index is 11.2. The zero-order valence-electron chi connectivity index (χ0n) is 14.1. The Morgan fingerprint density at radius 1 is 1.04 bits per heavy atom. The van der Waals surface area contributed by atoms with E-state index in [-0.39, 0.29) is 16.5 Å². The van der Waals surface area contributed by atoms with Crippen molar-refractivity contribution in [2.75, 3.05) is 18.0 Å². The zero-order valence-corrected chi connectivity index (χ0v) is 14.1. The monoisotopic (exact) mass is 350 g/mol. The van der Waals surface area contributed by atoms with Crippen LogP contribution in [0, 0.1) is 10.1 Å². The highest BCUT2D eigenvalue weighted by Crippen LogP contribution is 2.34. The van der Waals surface area contributed by atoms with Crippen LogP contribution in [0.2, 0.25) is 0 Å². The number of nitrogens with zero attached hydrogens (tertiary/aromatic N) is 4. The normalized spacial score (nSPS) is 15.2. The molecule has 0 N–H and O–H groups in total. The third-order valence-corrected chi connectivity index (χ3v) is 4.74. The third kappa shape index (κ3) is 3.15. The zero-order chi connectivity index (χ0) is 17.9. The first-order valence-electron chi connectivity index (χ1n) is 8.60. The van der Waals surface area contributed by atoms with E-state index in [4.69, 9.17) is 4.52 Å². The summed E-state index contributed by atoms with van der Waals surface area (Å²) < 4.78 is 5.47. The first kappa shape index (κ1) is 16.3. The summed E-state index contributed by atoms with van der Waals surface area (Å²) in [5.74, 6) is 1.42. The fourth-order valence-electron chi connectivity index (χ4n) is 3.36. The Bertz CT molecular complexity index is 902. The summed E-state index contributed by atoms with van der Waals surface area (Å²) in [4.78, 5) is 17.5. The van der Waals surface area contributed by atoms with Gasteiger partial charge in [-0.3, -0.25) is 10.1 Å². The number of para-hydroxylation sites is 2. The number of hydrogen-bond donors (Lipinski definition) is 0. The van der Waals surface area contributed by atoms with Crippen molar-refractivity contribution in [2.24, 2.45) is 0 Å². The summed E-state index contributed by atoms with van der Waals surface area (Å²) in [5.41, 5.74) is 1.75. The van der Waals surface area contributed by atoms with E-state index in [1.807, 2.05) is 36.4 Å². The second kappa shape index (κ2) is 6.95. The molecule has 0 spiro atoms. The summed E-state index contributed by atoms with van der Waals surface area (Å²) in [6.07, 6.45) is 1.64. The second-order valence-electron chi connectivity index (χ2n) is 6.33. The molecule has 0 atom stereocenters. The predicted molar refractivity (Wildman–Crippen MR) is 97.0 cm³/mol. The molecule has 0 amide bonds. The minimum Gasteiger partial charge on any atom is -0.366 e. The average Bonchev–Trinajstić information content (AvgIpc) is 3.19. The van der Waals surface area contributed by atoms with Gasteiger partial charge in [-0.05, 0) is 18.9 Å². The standard InChI is InChI=1S/C19H18N4O3/c24-23(25)17-9-5-4-8-16(17)22-12-10-15(11-13-22)19-20-18(21-26-19)14-6-2-1-3-7-14/h1-9,15H,10-13H2. The van der Waals surface area contributed by atoms with Crippen molar-refractivity contribution in [1.29, 1.82) is 0 Å². The van der Waals surface area contributed by atoms with Crippen LogP contribution in [-0.4, -0.2) is 28.2 Å². The van der Waals surface area contributed by atoms with Gasteiger partial charge < -0.3 is 9.42 Å². The predicted octanol–water partition coefficient (Wildman–Crippen LogP) is 4.03. The van der Waals surface area contributed by atoms with Crippen LogP contribution >= 0.6 is 0 Å². The van der Waals surface area contributed by atoms with E-state index in [0.717, 1.165) is 31.5 Å². The second-order valence-corrected chi connectivity index (χ2v) is 6.33. The van der Waals surface area contributed by atoms with Gasteiger partial charge in [0.2, 0.25) is 11.7 Å². The Labute approximate surface area is 150 Å². The van der Waals surface area contributed by atoms with Gasteiger partial charge in [-0.2, -0.15) is 4.98 Å². The Kier molecular flexibility index (Phi) is 4.35. The Hall–Kier alpha value is -3.22. The molecule has 1 aromatic heterocycles. The van der Waals surface area contributed by atoms with Gasteiger partial charge in [-0.15, -0.1) is 0 Å². The minimum atomic E-state index is -0.328. The highest BCUT2D eigenvalue weighted by molar-refractivity contribution is 5.63. The highest BCUT2D eigenvalue weighted by atomic mass is 16.6. The van der Waals surface area contributed by atoms with Gasteiger partial charge in [0.25, 0.3) is 5.69 Å². The molecule has 2 aromatic carbocycles. The van der Waals surface area contributed by atoms with Gasteiger partial charge in [0.15, 0.2) is 0 Å². The molecule has 0 unspecified atom stereocenters. The number of nitro groups is 1. The van der Waals surface area contributed by atoms with Gasteiger partial charge in [0.05, 0.1) is 4.92 Å². The van der Waals surface area contributed by atoms with Gasteiger partial charge in [0, 0.05) is 30.6 Å². The van der Waals surface area contributed by atoms with Crippen molar-refractivity contribution in [3.8, 4) is 11.4 Å². The van der Waals surface area contributed by atoms with Crippen LogP contribution in [0.3, 0.4) is 0 Å². The first-order chi connectivity index (χ1) is 12.7. The minimum absolute atomic E-state index is 0.148. The molecule has 7 nitrogen and oxygen atoms in total. The van der Waals surface area contributed by atoms with E-state index < -0.39 is 0 Å². The van der Waals surface area contributed by atoms with Crippen molar-refractivity contribution >= 4 is 11.4 Å². The highest BCUT2D eigenvalue weighted by Gasteiger charge is 2.28. The number of anilines is 1. The van der Waals surface area contributed by atoms with Crippen LogP contribution in [0.1, 0.15) is 24.7 Å². The summed E-state index contributed by atoms with van der Waals surface area (Å²) in [6.45, 7) is 1.44. The van der Waals surface area contributed by atoms with Gasteiger partial charge in [0.1, 0.15) is 5.69 Å². The number of hydrogen-bond acceptors (Lipinski definition) is 6. The first-order valence-corrected chi connectivity index (χ1v) is 8.60. The van der Waals surface area contributed by atoms with Crippen LogP contribution in [0.4, 0.5) is 11.4 Å². The molecule has 132 valence electrons. The lowest BCUT2D eigenvalue weighted by molar-refractivity contribution is -0.384. The van der Waals surface area contributed by atoms with Crippen molar-refractivity contribution in [2.45, 2.75) is 18.8 Å². The molecule has 3 aromatic rings. The topological polar surface area (TPSA) is 85.3 Å². The lowest BCUT2D eigenvalue weighted by atomic mass is 9.96. The fourth-order valence-corrected chi connectivity index (χ4v) is 3.36. The third-order valence-electron chi connectivity index (χ3n) is 4.74. The van der Waals surface area contributed by atoms with E-state index in [0.29, 0.717) is 17.4 Å². The molecule has 4 rings (SSSR count). The fraction of sp³-hybridized carbons (Fsp3) is 0.263. The number of rotatable bonds is 4. The molecule has 1 fully saturated rings. The molecule has 1 saturated heterocycles. The summed E-state index contributed by atoms with van der Waals surface area (Å²) >= 11 is 0. The quantitative estimate of drug-likeness (QED) is 0.522. The van der Waals surface area contributed by atoms with Crippen LogP contribution in [0.25, 0.3) is 11.4 Å². The molecule has 0 saturated carbocycles. The van der Waals surface area contributed by atoms with Gasteiger partial charge in [-0.25, -0.2) is 0 Å². The maximum Gasteiger partial charge on any atom is 0.292 e. The SMILES string of the molecule is O=[N+]([O-])c1ccccc1N1CCC(c2nc(-c3ccccc3)no2)CC1. The van der Waals surface area contributed by atoms with E-state index in [9.17, 15) is 10.1 Å². The van der Waals surface area contributed by atoms with E-state index in [2.05, 4.69) is 15.0 Å². The van der Waals surface area contributed by atoms with E-state index >= 15 is 0 Å². The molecule has 0 aliphatic carbocycles. The maximum atomic E-state index is 11.2. The van der Waals surface area contributed by atoms with Crippen LogP contribution < -0.4 is 4.90 Å². The van der Waals surface area contributed by atoms with Crippen LogP contribution in [0.5, 0.6) is 0 Å². The summed E-state index contributed by atoms with van der Waals surface area (Å²) in [6, 6.07) is 16.6. The van der Waals surface area contributed by atoms with E-state index in [1.54, 1.807) is 18.2 Å².